The Labute approximate surface area is 105 Å². The Bertz CT molecular complexity index is 423. The molecule has 1 aliphatic carbocycles. The fourth-order valence-corrected chi connectivity index (χ4v) is 2.48. The van der Waals surface area contributed by atoms with Crippen LogP contribution >= 0.6 is 11.8 Å². The van der Waals surface area contributed by atoms with Gasteiger partial charge in [-0.3, -0.25) is 5.32 Å². The maximum Gasteiger partial charge on any atom is 0.276 e. The average molecular weight is 252 g/mol. The third-order valence-electron chi connectivity index (χ3n) is 2.68. The minimum atomic E-state index is -0.441. The van der Waals surface area contributed by atoms with Crippen molar-refractivity contribution in [3.8, 4) is 6.07 Å². The van der Waals surface area contributed by atoms with Gasteiger partial charge in [-0.05, 0) is 26.2 Å². The minimum Gasteiger partial charge on any atom is -0.416 e. The smallest absolute Gasteiger partial charge is 0.276 e. The Hall–Kier alpha value is -1.06. The van der Waals surface area contributed by atoms with E-state index in [4.69, 9.17) is 4.42 Å². The van der Waals surface area contributed by atoms with Crippen LogP contribution in [0.5, 0.6) is 0 Å². The molecular formula is C11H16N4OS. The molecule has 0 bridgehead atoms. The van der Waals surface area contributed by atoms with Gasteiger partial charge in [-0.15, -0.1) is 10.2 Å². The van der Waals surface area contributed by atoms with Gasteiger partial charge in [0.25, 0.3) is 5.22 Å². The Morgan fingerprint density at radius 2 is 2.35 bits per heavy atom. The Kier molecular flexibility index (Phi) is 3.69. The molecule has 0 spiro atoms. The highest BCUT2D eigenvalue weighted by atomic mass is 32.2. The lowest BCUT2D eigenvalue weighted by molar-refractivity contribution is 0.423. The molecule has 0 aromatic carbocycles. The second-order valence-corrected chi connectivity index (χ2v) is 5.59. The van der Waals surface area contributed by atoms with Crippen molar-refractivity contribution in [2.24, 2.45) is 0 Å². The van der Waals surface area contributed by atoms with Crippen molar-refractivity contribution in [3.05, 3.63) is 5.89 Å². The van der Waals surface area contributed by atoms with Crippen LogP contribution in [0.3, 0.4) is 0 Å². The molecular weight excluding hydrogens is 236 g/mol. The van der Waals surface area contributed by atoms with E-state index in [1.165, 1.54) is 24.6 Å². The molecule has 0 radical (unpaired) electrons. The molecule has 1 unspecified atom stereocenters. The van der Waals surface area contributed by atoms with Gasteiger partial charge in [-0.25, -0.2) is 0 Å². The van der Waals surface area contributed by atoms with Crippen LogP contribution in [0.1, 0.15) is 32.1 Å². The molecule has 92 valence electrons. The summed E-state index contributed by atoms with van der Waals surface area (Å²) >= 11 is 1.50. The number of hydrogen-bond donors (Lipinski definition) is 1. The fourth-order valence-electron chi connectivity index (χ4n) is 1.52. The summed E-state index contributed by atoms with van der Waals surface area (Å²) in [6, 6.07) is 2.89. The maximum absolute atomic E-state index is 9.19. The van der Waals surface area contributed by atoms with Crippen LogP contribution in [0.2, 0.25) is 0 Å². The van der Waals surface area contributed by atoms with Crippen LogP contribution < -0.4 is 5.32 Å². The third kappa shape index (κ3) is 3.72. The normalized spacial score (nSPS) is 18.6. The van der Waals surface area contributed by atoms with Crippen molar-refractivity contribution in [1.82, 2.24) is 15.5 Å². The van der Waals surface area contributed by atoms with Gasteiger partial charge in [0.05, 0.1) is 6.07 Å². The topological polar surface area (TPSA) is 74.7 Å². The fraction of sp³-hybridized carbons (Fsp3) is 0.727. The highest BCUT2D eigenvalue weighted by Gasteiger charge is 2.32. The van der Waals surface area contributed by atoms with Gasteiger partial charge in [-0.2, -0.15) is 5.26 Å². The average Bonchev–Trinajstić information content (AvgIpc) is 3.00. The van der Waals surface area contributed by atoms with Crippen LogP contribution in [0.25, 0.3) is 0 Å². The molecule has 1 aromatic heterocycles. The first kappa shape index (κ1) is 12.4. The van der Waals surface area contributed by atoms with Crippen LogP contribution in [0, 0.1) is 18.3 Å². The van der Waals surface area contributed by atoms with Gasteiger partial charge < -0.3 is 4.42 Å². The summed E-state index contributed by atoms with van der Waals surface area (Å²) in [5.41, 5.74) is -0.441. The van der Waals surface area contributed by atoms with E-state index in [1.807, 2.05) is 6.92 Å². The molecule has 0 amide bonds. The van der Waals surface area contributed by atoms with Crippen molar-refractivity contribution in [3.63, 3.8) is 0 Å². The minimum absolute atomic E-state index is 0.441. The molecule has 1 atom stereocenters. The lowest BCUT2D eigenvalue weighted by Gasteiger charge is -2.22. The van der Waals surface area contributed by atoms with Crippen molar-refractivity contribution in [2.45, 2.75) is 49.9 Å². The predicted octanol–water partition coefficient (Wildman–Crippen LogP) is 1.89. The first-order chi connectivity index (χ1) is 8.11. The van der Waals surface area contributed by atoms with Crippen molar-refractivity contribution in [2.75, 3.05) is 5.75 Å². The molecule has 6 heteroatoms. The van der Waals surface area contributed by atoms with Crippen LogP contribution in [-0.4, -0.2) is 27.5 Å². The largest absolute Gasteiger partial charge is 0.416 e. The molecule has 1 heterocycles. The Morgan fingerprint density at radius 1 is 1.59 bits per heavy atom. The summed E-state index contributed by atoms with van der Waals surface area (Å²) in [5.74, 6) is 1.37. The van der Waals surface area contributed by atoms with Crippen molar-refractivity contribution >= 4 is 11.8 Å². The zero-order valence-corrected chi connectivity index (χ0v) is 10.9. The van der Waals surface area contributed by atoms with E-state index in [-0.39, 0.29) is 0 Å². The molecule has 1 N–H and O–H groups in total. The Balaban J connectivity index is 1.77. The monoisotopic (exact) mass is 252 g/mol. The maximum atomic E-state index is 9.19. The molecule has 1 fully saturated rings. The highest BCUT2D eigenvalue weighted by Crippen LogP contribution is 2.26. The lowest BCUT2D eigenvalue weighted by atomic mass is 10.0. The first-order valence-electron chi connectivity index (χ1n) is 5.73. The van der Waals surface area contributed by atoms with Gasteiger partial charge in [-0.1, -0.05) is 11.8 Å². The van der Waals surface area contributed by atoms with Gasteiger partial charge in [0.1, 0.15) is 5.54 Å². The number of hydrogen-bond acceptors (Lipinski definition) is 6. The summed E-state index contributed by atoms with van der Waals surface area (Å²) in [6.45, 7) is 3.72. The second-order valence-electron chi connectivity index (χ2n) is 4.55. The number of aromatic nitrogens is 2. The predicted molar refractivity (Wildman–Crippen MR) is 64.6 cm³/mol. The molecule has 17 heavy (non-hydrogen) atoms. The second kappa shape index (κ2) is 5.07. The first-order valence-corrected chi connectivity index (χ1v) is 6.72. The van der Waals surface area contributed by atoms with E-state index in [2.05, 4.69) is 21.6 Å². The van der Waals surface area contributed by atoms with Gasteiger partial charge in [0.15, 0.2) is 0 Å². The summed E-state index contributed by atoms with van der Waals surface area (Å²) < 4.78 is 5.26. The molecule has 1 saturated carbocycles. The quantitative estimate of drug-likeness (QED) is 0.779. The zero-order valence-electron chi connectivity index (χ0n) is 10.1. The number of thioether (sulfide) groups is 1. The lowest BCUT2D eigenvalue weighted by Crippen LogP contribution is -2.42. The summed E-state index contributed by atoms with van der Waals surface area (Å²) in [6.07, 6.45) is 3.15. The summed E-state index contributed by atoms with van der Waals surface area (Å²) in [7, 11) is 0. The summed E-state index contributed by atoms with van der Waals surface area (Å²) in [5, 5.41) is 20.8. The molecule has 5 nitrogen and oxygen atoms in total. The van der Waals surface area contributed by atoms with Crippen LogP contribution in [0.15, 0.2) is 9.64 Å². The Morgan fingerprint density at radius 3 is 2.88 bits per heavy atom. The third-order valence-corrected chi connectivity index (χ3v) is 3.50. The van der Waals surface area contributed by atoms with E-state index in [9.17, 15) is 5.26 Å². The number of nitrogens with one attached hydrogen (secondary N) is 1. The molecule has 0 saturated heterocycles. The highest BCUT2D eigenvalue weighted by molar-refractivity contribution is 7.99. The number of aryl methyl sites for hydroxylation is 1. The van der Waals surface area contributed by atoms with Crippen molar-refractivity contribution in [1.29, 1.82) is 5.26 Å². The molecule has 1 aliphatic rings. The number of nitriles is 1. The van der Waals surface area contributed by atoms with Crippen LogP contribution in [-0.2, 0) is 0 Å². The van der Waals surface area contributed by atoms with Crippen LogP contribution in [0.4, 0.5) is 0 Å². The SMILES string of the molecule is Cc1nnc(SCCC(C)(C#N)NC2CC2)o1. The van der Waals surface area contributed by atoms with E-state index in [0.717, 1.165) is 12.2 Å². The standard InChI is InChI=1S/C11H16N4OS/c1-8-14-15-10(16-8)17-6-5-11(2,7-12)13-9-3-4-9/h9,13H,3-6H2,1-2H3. The van der Waals surface area contributed by atoms with Gasteiger partial charge in [0, 0.05) is 18.7 Å². The summed E-state index contributed by atoms with van der Waals surface area (Å²) in [4.78, 5) is 0. The zero-order chi connectivity index (χ0) is 12.3. The molecule has 2 rings (SSSR count). The van der Waals surface area contributed by atoms with Gasteiger partial charge in [0.2, 0.25) is 5.89 Å². The molecule has 0 aliphatic heterocycles. The number of nitrogens with zero attached hydrogens (tertiary/aromatic N) is 3. The molecule has 1 aromatic rings. The van der Waals surface area contributed by atoms with E-state index >= 15 is 0 Å². The number of rotatable bonds is 6. The van der Waals surface area contributed by atoms with Crippen molar-refractivity contribution < 1.29 is 4.42 Å². The van der Waals surface area contributed by atoms with Gasteiger partial charge >= 0.3 is 0 Å². The van der Waals surface area contributed by atoms with E-state index in [0.29, 0.717) is 17.2 Å². The van der Waals surface area contributed by atoms with E-state index in [1.54, 1.807) is 6.92 Å². The van der Waals surface area contributed by atoms with E-state index < -0.39 is 5.54 Å².